The maximum absolute atomic E-state index is 11.9. The number of nitro benzene ring substituents is 2. The first kappa shape index (κ1) is 17.5. The van der Waals surface area contributed by atoms with Crippen LogP contribution in [0, 0.1) is 20.2 Å². The van der Waals surface area contributed by atoms with E-state index in [1.165, 1.54) is 0 Å². The molecule has 0 radical (unpaired) electrons. The van der Waals surface area contributed by atoms with Crippen molar-refractivity contribution in [2.45, 2.75) is 12.5 Å². The van der Waals surface area contributed by atoms with Gasteiger partial charge in [0, 0.05) is 12.1 Å². The first-order chi connectivity index (χ1) is 10.6. The van der Waals surface area contributed by atoms with Crippen LogP contribution in [0.15, 0.2) is 18.2 Å². The number of benzene rings is 1. The molecule has 122 valence electrons. The first-order valence-electron chi connectivity index (χ1n) is 5.81. The van der Waals surface area contributed by atoms with Crippen LogP contribution in [0.1, 0.15) is 16.8 Å². The molecular formula is C11H9N3O9. The van der Waals surface area contributed by atoms with E-state index in [1.807, 2.05) is 5.32 Å². The van der Waals surface area contributed by atoms with E-state index in [-0.39, 0.29) is 0 Å². The van der Waals surface area contributed by atoms with Gasteiger partial charge in [0.05, 0.1) is 27.9 Å². The van der Waals surface area contributed by atoms with Gasteiger partial charge in [0.2, 0.25) is 0 Å². The number of hydrogen-bond donors (Lipinski definition) is 3. The zero-order valence-corrected chi connectivity index (χ0v) is 11.2. The Hall–Kier alpha value is -3.57. The van der Waals surface area contributed by atoms with E-state index in [2.05, 4.69) is 0 Å². The Bertz CT molecular complexity index is 668. The molecule has 23 heavy (non-hydrogen) atoms. The van der Waals surface area contributed by atoms with Gasteiger partial charge in [-0.2, -0.15) is 0 Å². The number of carboxylic acid groups (broad SMARTS) is 2. The number of nitrogens with zero attached hydrogens (tertiary/aromatic N) is 2. The quantitative estimate of drug-likeness (QED) is 0.462. The lowest BCUT2D eigenvalue weighted by atomic mass is 10.1. The Labute approximate surface area is 126 Å². The largest absolute Gasteiger partial charge is 0.481 e. The highest BCUT2D eigenvalue weighted by molar-refractivity contribution is 5.98. The Morgan fingerprint density at radius 1 is 1.04 bits per heavy atom. The van der Waals surface area contributed by atoms with Gasteiger partial charge >= 0.3 is 11.9 Å². The lowest BCUT2D eigenvalue weighted by Gasteiger charge is -2.12. The number of carbonyl (C=O) groups is 3. The topological polar surface area (TPSA) is 190 Å². The molecule has 0 heterocycles. The molecule has 1 atom stereocenters. The normalized spacial score (nSPS) is 11.3. The molecule has 0 aliphatic rings. The molecule has 0 aliphatic carbocycles. The van der Waals surface area contributed by atoms with E-state index in [0.29, 0.717) is 18.2 Å². The van der Waals surface area contributed by atoms with Crippen LogP contribution in [0.2, 0.25) is 0 Å². The molecule has 12 nitrogen and oxygen atoms in total. The van der Waals surface area contributed by atoms with Crippen LogP contribution in [0.25, 0.3) is 0 Å². The zero-order chi connectivity index (χ0) is 17.7. The van der Waals surface area contributed by atoms with E-state index in [0.717, 1.165) is 0 Å². The highest BCUT2D eigenvalue weighted by Gasteiger charge is 2.26. The van der Waals surface area contributed by atoms with Crippen molar-refractivity contribution in [2.24, 2.45) is 0 Å². The second-order valence-corrected chi connectivity index (χ2v) is 4.21. The fourth-order valence-electron chi connectivity index (χ4n) is 1.55. The lowest BCUT2D eigenvalue weighted by molar-refractivity contribution is -0.394. The van der Waals surface area contributed by atoms with E-state index < -0.39 is 57.1 Å². The van der Waals surface area contributed by atoms with E-state index in [9.17, 15) is 34.6 Å². The minimum absolute atomic E-state index is 0.539. The lowest BCUT2D eigenvalue weighted by Crippen LogP contribution is -2.42. The first-order valence-corrected chi connectivity index (χ1v) is 5.81. The predicted molar refractivity (Wildman–Crippen MR) is 70.9 cm³/mol. The fraction of sp³-hybridized carbons (Fsp3) is 0.182. The summed E-state index contributed by atoms with van der Waals surface area (Å²) in [6.07, 6.45) is -0.932. The van der Waals surface area contributed by atoms with E-state index >= 15 is 0 Å². The highest BCUT2D eigenvalue weighted by atomic mass is 16.6. The number of amides is 1. The van der Waals surface area contributed by atoms with Crippen LogP contribution < -0.4 is 5.32 Å². The number of non-ortho nitro benzene ring substituents is 2. The van der Waals surface area contributed by atoms with Crippen LogP contribution in [0.4, 0.5) is 11.4 Å². The van der Waals surface area contributed by atoms with Gasteiger partial charge in [0.25, 0.3) is 17.3 Å². The molecule has 1 unspecified atom stereocenters. The number of nitrogens with one attached hydrogen (secondary N) is 1. The molecule has 12 heteroatoms. The monoisotopic (exact) mass is 327 g/mol. The fourth-order valence-corrected chi connectivity index (χ4v) is 1.55. The molecule has 0 spiro atoms. The predicted octanol–water partition coefficient (Wildman–Crippen LogP) is 0.161. The molecule has 1 amide bonds. The molecule has 1 aromatic carbocycles. The molecule has 0 saturated carbocycles. The third kappa shape index (κ3) is 4.73. The van der Waals surface area contributed by atoms with Gasteiger partial charge in [-0.3, -0.25) is 29.8 Å². The number of carbonyl (C=O) groups excluding carboxylic acids is 1. The van der Waals surface area contributed by atoms with Crippen molar-refractivity contribution in [3.8, 4) is 0 Å². The van der Waals surface area contributed by atoms with Gasteiger partial charge < -0.3 is 15.5 Å². The number of rotatable bonds is 7. The van der Waals surface area contributed by atoms with E-state index in [4.69, 9.17) is 10.2 Å². The van der Waals surface area contributed by atoms with Gasteiger partial charge in [0.1, 0.15) is 6.04 Å². The van der Waals surface area contributed by atoms with Crippen molar-refractivity contribution in [3.63, 3.8) is 0 Å². The van der Waals surface area contributed by atoms with Crippen molar-refractivity contribution in [1.29, 1.82) is 0 Å². The summed E-state index contributed by atoms with van der Waals surface area (Å²) in [5.74, 6) is -4.33. The average molecular weight is 327 g/mol. The van der Waals surface area contributed by atoms with Crippen LogP contribution in [0.3, 0.4) is 0 Å². The molecular weight excluding hydrogens is 318 g/mol. The number of nitro groups is 2. The molecule has 3 N–H and O–H groups in total. The summed E-state index contributed by atoms with van der Waals surface area (Å²) >= 11 is 0. The maximum atomic E-state index is 11.9. The summed E-state index contributed by atoms with van der Waals surface area (Å²) in [6, 6.07) is 0.255. The van der Waals surface area contributed by atoms with Gasteiger partial charge in [-0.15, -0.1) is 0 Å². The second kappa shape index (κ2) is 6.93. The van der Waals surface area contributed by atoms with Gasteiger partial charge in [-0.1, -0.05) is 0 Å². The Morgan fingerprint density at radius 2 is 1.52 bits per heavy atom. The summed E-state index contributed by atoms with van der Waals surface area (Å²) < 4.78 is 0. The SMILES string of the molecule is O=C(O)CC(NC(=O)c1cc([N+](=O)[O-])cc([N+](=O)[O-])c1)C(=O)O. The van der Waals surface area contributed by atoms with Crippen LogP contribution in [0.5, 0.6) is 0 Å². The van der Waals surface area contributed by atoms with Crippen molar-refractivity contribution >= 4 is 29.2 Å². The summed E-state index contributed by atoms with van der Waals surface area (Å²) in [4.78, 5) is 52.7. The Morgan fingerprint density at radius 3 is 1.87 bits per heavy atom. The molecule has 0 fully saturated rings. The summed E-state index contributed by atoms with van der Waals surface area (Å²) in [6.45, 7) is 0. The van der Waals surface area contributed by atoms with Crippen molar-refractivity contribution in [2.75, 3.05) is 0 Å². The average Bonchev–Trinajstić information content (AvgIpc) is 2.45. The molecule has 1 rings (SSSR count). The summed E-state index contributed by atoms with van der Waals surface area (Å²) in [5.41, 5.74) is -2.02. The van der Waals surface area contributed by atoms with Crippen molar-refractivity contribution in [3.05, 3.63) is 44.0 Å². The van der Waals surface area contributed by atoms with Crippen molar-refractivity contribution in [1.82, 2.24) is 5.32 Å². The van der Waals surface area contributed by atoms with Crippen molar-refractivity contribution < 1.29 is 34.4 Å². The zero-order valence-electron chi connectivity index (χ0n) is 11.2. The Kier molecular flexibility index (Phi) is 5.27. The number of carboxylic acids is 2. The minimum Gasteiger partial charge on any atom is -0.481 e. The van der Waals surface area contributed by atoms with E-state index in [1.54, 1.807) is 0 Å². The maximum Gasteiger partial charge on any atom is 0.326 e. The third-order valence-electron chi connectivity index (χ3n) is 2.57. The van der Waals surface area contributed by atoms with Gasteiger partial charge in [-0.05, 0) is 0 Å². The number of aliphatic carboxylic acids is 2. The molecule has 0 aromatic heterocycles. The highest BCUT2D eigenvalue weighted by Crippen LogP contribution is 2.22. The number of hydrogen-bond acceptors (Lipinski definition) is 7. The minimum atomic E-state index is -1.79. The molecule has 0 aliphatic heterocycles. The smallest absolute Gasteiger partial charge is 0.326 e. The standard InChI is InChI=1S/C11H9N3O9/c15-9(16)4-8(11(18)19)12-10(17)5-1-6(13(20)21)3-7(2-5)14(22)23/h1-3,8H,4H2,(H,12,17)(H,15,16)(H,18,19). The molecule has 0 saturated heterocycles. The molecule has 0 bridgehead atoms. The summed E-state index contributed by atoms with van der Waals surface area (Å²) in [7, 11) is 0. The van der Waals surface area contributed by atoms with Crippen LogP contribution in [-0.2, 0) is 9.59 Å². The summed E-state index contributed by atoms with van der Waals surface area (Å²) in [5, 5.41) is 40.6. The van der Waals surface area contributed by atoms with Gasteiger partial charge in [-0.25, -0.2) is 4.79 Å². The van der Waals surface area contributed by atoms with Crippen LogP contribution in [-0.4, -0.2) is 43.9 Å². The second-order valence-electron chi connectivity index (χ2n) is 4.21. The van der Waals surface area contributed by atoms with Gasteiger partial charge in [0.15, 0.2) is 0 Å². The third-order valence-corrected chi connectivity index (χ3v) is 2.57. The van der Waals surface area contributed by atoms with Crippen LogP contribution >= 0.6 is 0 Å². The Balaban J connectivity index is 3.15. The molecule has 1 aromatic rings.